The molecule has 1 amide bonds. The van der Waals surface area contributed by atoms with Crippen molar-refractivity contribution in [3.8, 4) is 0 Å². The average molecular weight is 535 g/mol. The molecule has 1 aromatic carbocycles. The number of hydrogen-bond donors (Lipinski definition) is 2. The summed E-state index contributed by atoms with van der Waals surface area (Å²) in [4.78, 5) is 38.9. The molecule has 1 saturated heterocycles. The van der Waals surface area contributed by atoms with E-state index in [9.17, 15) is 18.4 Å². The van der Waals surface area contributed by atoms with Crippen LogP contribution in [0.1, 0.15) is 66.6 Å². The third kappa shape index (κ3) is 4.56. The molecule has 202 valence electrons. The first-order valence-electron chi connectivity index (χ1n) is 13.1. The van der Waals surface area contributed by atoms with Crippen molar-refractivity contribution >= 4 is 17.3 Å². The SMILES string of the molecule is N[C@H]1c2cccnc2[C@@H](OC(=O)N2CCC(n3c(=O)[nH]c4ncccc43)CC2)CC[C@@H]1c1cccc(F)c1F. The van der Waals surface area contributed by atoms with Crippen LogP contribution in [0, 0.1) is 11.6 Å². The number of imidazole rings is 1. The highest BCUT2D eigenvalue weighted by molar-refractivity contribution is 5.70. The van der Waals surface area contributed by atoms with Gasteiger partial charge in [-0.3, -0.25) is 14.5 Å². The van der Waals surface area contributed by atoms with E-state index < -0.39 is 35.8 Å². The molecule has 2 aliphatic rings. The van der Waals surface area contributed by atoms with Crippen molar-refractivity contribution in [3.05, 3.63) is 93.8 Å². The average Bonchev–Trinajstić information content (AvgIpc) is 3.23. The van der Waals surface area contributed by atoms with Gasteiger partial charge in [0.15, 0.2) is 17.3 Å². The Bertz CT molecular complexity index is 1580. The summed E-state index contributed by atoms with van der Waals surface area (Å²) in [6, 6.07) is 10.5. The Hall–Kier alpha value is -4.12. The zero-order chi connectivity index (χ0) is 27.1. The van der Waals surface area contributed by atoms with Crippen LogP contribution < -0.4 is 11.4 Å². The number of nitrogens with one attached hydrogen (secondary N) is 1. The first kappa shape index (κ1) is 25.2. The maximum Gasteiger partial charge on any atom is 0.410 e. The van der Waals surface area contributed by atoms with Gasteiger partial charge in [-0.25, -0.2) is 23.4 Å². The van der Waals surface area contributed by atoms with Crippen LogP contribution in [0.3, 0.4) is 0 Å². The fourth-order valence-corrected chi connectivity index (χ4v) is 5.94. The quantitative estimate of drug-likeness (QED) is 0.374. The van der Waals surface area contributed by atoms with E-state index in [0.29, 0.717) is 55.7 Å². The van der Waals surface area contributed by atoms with Crippen molar-refractivity contribution in [2.45, 2.75) is 49.8 Å². The van der Waals surface area contributed by atoms with E-state index in [1.807, 2.05) is 6.07 Å². The Kier molecular flexibility index (Phi) is 6.59. The van der Waals surface area contributed by atoms with Gasteiger partial charge in [0, 0.05) is 43.5 Å². The molecule has 0 bridgehead atoms. The van der Waals surface area contributed by atoms with Crippen LogP contribution in [0.5, 0.6) is 0 Å². The maximum atomic E-state index is 14.7. The van der Waals surface area contributed by atoms with Gasteiger partial charge in [-0.2, -0.15) is 0 Å². The largest absolute Gasteiger partial charge is 0.440 e. The number of carbonyl (C=O) groups excluding carboxylic acids is 1. The molecular weight excluding hydrogens is 506 g/mol. The molecular formula is C28H28F2N6O3. The van der Waals surface area contributed by atoms with Crippen molar-refractivity contribution < 1.29 is 18.3 Å². The molecule has 1 fully saturated rings. The number of nitrogens with zero attached hydrogens (tertiary/aromatic N) is 4. The topological polar surface area (TPSA) is 119 Å². The molecule has 39 heavy (non-hydrogen) atoms. The van der Waals surface area contributed by atoms with E-state index in [1.54, 1.807) is 46.1 Å². The first-order chi connectivity index (χ1) is 18.9. The van der Waals surface area contributed by atoms with E-state index in [4.69, 9.17) is 10.5 Å². The Morgan fingerprint density at radius 2 is 1.72 bits per heavy atom. The maximum absolute atomic E-state index is 14.7. The van der Waals surface area contributed by atoms with Crippen molar-refractivity contribution in [1.29, 1.82) is 0 Å². The number of carbonyl (C=O) groups is 1. The van der Waals surface area contributed by atoms with Gasteiger partial charge in [0.2, 0.25) is 0 Å². The van der Waals surface area contributed by atoms with Gasteiger partial charge in [0.25, 0.3) is 0 Å². The molecule has 0 unspecified atom stereocenters. The molecule has 11 heteroatoms. The number of halogens is 2. The van der Waals surface area contributed by atoms with Crippen molar-refractivity contribution in [2.75, 3.05) is 13.1 Å². The van der Waals surface area contributed by atoms with Crippen LogP contribution in [0.4, 0.5) is 13.6 Å². The molecule has 0 saturated carbocycles. The number of aromatic nitrogens is 4. The van der Waals surface area contributed by atoms with Crippen molar-refractivity contribution in [1.82, 2.24) is 24.4 Å². The molecule has 4 heterocycles. The normalized spacial score (nSPS) is 21.9. The van der Waals surface area contributed by atoms with Crippen LogP contribution in [0.15, 0.2) is 59.7 Å². The van der Waals surface area contributed by atoms with E-state index in [2.05, 4.69) is 15.0 Å². The van der Waals surface area contributed by atoms with Crippen LogP contribution >= 0.6 is 0 Å². The first-order valence-corrected chi connectivity index (χ1v) is 13.1. The summed E-state index contributed by atoms with van der Waals surface area (Å²) in [5.74, 6) is -2.34. The number of H-pyrrole nitrogens is 1. The number of ether oxygens (including phenoxy) is 1. The highest BCUT2D eigenvalue weighted by Gasteiger charge is 2.36. The molecule has 6 rings (SSSR count). The number of pyridine rings is 2. The lowest BCUT2D eigenvalue weighted by atomic mass is 9.86. The third-order valence-corrected chi connectivity index (χ3v) is 7.91. The second-order valence-corrected chi connectivity index (χ2v) is 10.1. The Labute approximate surface area is 222 Å². The minimum absolute atomic E-state index is 0.0697. The number of piperidine rings is 1. The van der Waals surface area contributed by atoms with E-state index >= 15 is 0 Å². The van der Waals surface area contributed by atoms with E-state index in [-0.39, 0.29) is 17.3 Å². The van der Waals surface area contributed by atoms with Gasteiger partial charge in [0.1, 0.15) is 6.10 Å². The molecule has 3 N–H and O–H groups in total. The minimum Gasteiger partial charge on any atom is -0.440 e. The number of hydrogen-bond acceptors (Lipinski definition) is 6. The van der Waals surface area contributed by atoms with Crippen LogP contribution in [0.25, 0.3) is 11.2 Å². The van der Waals surface area contributed by atoms with E-state index in [0.717, 1.165) is 11.6 Å². The monoisotopic (exact) mass is 534 g/mol. The summed E-state index contributed by atoms with van der Waals surface area (Å²) >= 11 is 0. The number of fused-ring (bicyclic) bond motifs is 2. The van der Waals surface area contributed by atoms with E-state index in [1.165, 1.54) is 6.07 Å². The molecule has 9 nitrogen and oxygen atoms in total. The number of amides is 1. The zero-order valence-electron chi connectivity index (χ0n) is 21.1. The highest BCUT2D eigenvalue weighted by atomic mass is 19.2. The molecule has 4 aromatic rings. The molecule has 3 aromatic heterocycles. The lowest BCUT2D eigenvalue weighted by molar-refractivity contribution is 0.0472. The minimum atomic E-state index is -0.923. The van der Waals surface area contributed by atoms with Crippen molar-refractivity contribution in [3.63, 3.8) is 0 Å². The highest BCUT2D eigenvalue weighted by Crippen LogP contribution is 2.43. The third-order valence-electron chi connectivity index (χ3n) is 7.91. The lowest BCUT2D eigenvalue weighted by Crippen LogP contribution is -2.41. The summed E-state index contributed by atoms with van der Waals surface area (Å²) in [6.07, 6.45) is 3.99. The van der Waals surface area contributed by atoms with Crippen LogP contribution in [-0.2, 0) is 4.74 Å². The number of nitrogens with two attached hydrogens (primary N) is 1. The fraction of sp³-hybridized carbons (Fsp3) is 0.357. The number of benzene rings is 1. The standard InChI is InChI=1S/C28H28F2N6O3/c29-20-6-1-4-17(23(20)30)18-8-9-22(25-19(24(18)31)5-2-12-32-25)39-28(38)35-14-10-16(11-15-35)36-21-7-3-13-33-26(21)34-27(36)37/h1-7,12-13,16,18,22,24H,8-11,14-15,31H2,(H,33,34,37)/t18-,22+,24-/m1/s1. The van der Waals surface area contributed by atoms with Crippen LogP contribution in [0.2, 0.25) is 0 Å². The lowest BCUT2D eigenvalue weighted by Gasteiger charge is -2.33. The van der Waals surface area contributed by atoms with Gasteiger partial charge in [-0.1, -0.05) is 18.2 Å². The molecule has 1 aliphatic carbocycles. The Morgan fingerprint density at radius 1 is 0.974 bits per heavy atom. The summed E-state index contributed by atoms with van der Waals surface area (Å²) in [5, 5.41) is 0. The smallest absolute Gasteiger partial charge is 0.410 e. The predicted octanol–water partition coefficient (Wildman–Crippen LogP) is 4.49. The predicted molar refractivity (Wildman–Crippen MR) is 139 cm³/mol. The van der Waals surface area contributed by atoms with Crippen LogP contribution in [-0.4, -0.2) is 43.6 Å². The van der Waals surface area contributed by atoms with Gasteiger partial charge >= 0.3 is 11.8 Å². The van der Waals surface area contributed by atoms with Gasteiger partial charge in [-0.05, 0) is 61.1 Å². The number of likely N-dealkylation sites (tertiary alicyclic amines) is 1. The number of aromatic amines is 1. The summed E-state index contributed by atoms with van der Waals surface area (Å²) < 4.78 is 36.4. The second-order valence-electron chi connectivity index (χ2n) is 10.1. The number of rotatable bonds is 3. The fourth-order valence-electron chi connectivity index (χ4n) is 5.94. The molecule has 0 radical (unpaired) electrons. The van der Waals surface area contributed by atoms with Gasteiger partial charge in [-0.15, -0.1) is 0 Å². The van der Waals surface area contributed by atoms with Gasteiger partial charge in [0.05, 0.1) is 11.2 Å². The molecule has 0 spiro atoms. The van der Waals surface area contributed by atoms with Crippen molar-refractivity contribution in [2.24, 2.45) is 5.73 Å². The zero-order valence-corrected chi connectivity index (χ0v) is 21.1. The summed E-state index contributed by atoms with van der Waals surface area (Å²) in [6.45, 7) is 0.836. The Balaban J connectivity index is 1.18. The summed E-state index contributed by atoms with van der Waals surface area (Å²) in [7, 11) is 0. The summed E-state index contributed by atoms with van der Waals surface area (Å²) in [5.41, 5.74) is 9.02. The molecule has 3 atom stereocenters. The van der Waals surface area contributed by atoms with Gasteiger partial charge < -0.3 is 15.4 Å². The molecule has 1 aliphatic heterocycles. The second kappa shape index (κ2) is 10.2. The Morgan fingerprint density at radius 3 is 2.54 bits per heavy atom.